The third-order valence-electron chi connectivity index (χ3n) is 5.07. The Morgan fingerprint density at radius 1 is 1.11 bits per heavy atom. The largest absolute Gasteiger partial charge is 0.486 e. The molecular formula is C19H28N2O5S. The zero-order chi connectivity index (χ0) is 19.4. The molecule has 1 aromatic rings. The van der Waals surface area contributed by atoms with Gasteiger partial charge in [0, 0.05) is 12.1 Å². The first-order chi connectivity index (χ1) is 12.9. The number of hydrogen-bond acceptors (Lipinski definition) is 5. The molecule has 1 heterocycles. The maximum absolute atomic E-state index is 12.8. The first kappa shape index (κ1) is 19.8. The van der Waals surface area contributed by atoms with Gasteiger partial charge in [0.15, 0.2) is 11.5 Å². The standard InChI is InChI=1S/C19H28N2O5S/c1-14(19(22)20-15-7-5-3-4-6-8-15)21(27(2,23)24)16-9-10-17-18(13-16)26-12-11-25-17/h9-10,13-15H,3-8,11-12H2,1-2H3,(H,20,22)/t14-/m1/s1. The number of fused-ring (bicyclic) bond motifs is 1. The number of ether oxygens (including phenoxy) is 2. The molecule has 0 bridgehead atoms. The first-order valence-corrected chi connectivity index (χ1v) is 11.4. The Labute approximate surface area is 161 Å². The van der Waals surface area contributed by atoms with Crippen LogP contribution in [0, 0.1) is 0 Å². The zero-order valence-electron chi connectivity index (χ0n) is 15.9. The number of carbonyl (C=O) groups is 1. The SMILES string of the molecule is C[C@H](C(=O)NC1CCCCCC1)N(c1ccc2c(c1)OCCO2)S(C)(=O)=O. The highest BCUT2D eigenvalue weighted by Crippen LogP contribution is 2.35. The van der Waals surface area contributed by atoms with Crippen molar-refractivity contribution in [1.82, 2.24) is 5.32 Å². The topological polar surface area (TPSA) is 84.9 Å². The number of hydrogen-bond donors (Lipinski definition) is 1. The molecule has 27 heavy (non-hydrogen) atoms. The molecule has 1 amide bonds. The number of rotatable bonds is 5. The molecule has 0 spiro atoms. The van der Waals surface area contributed by atoms with Gasteiger partial charge in [0.2, 0.25) is 15.9 Å². The van der Waals surface area contributed by atoms with Crippen LogP contribution in [0.2, 0.25) is 0 Å². The summed E-state index contributed by atoms with van der Waals surface area (Å²) in [6, 6.07) is 4.20. The third-order valence-corrected chi connectivity index (χ3v) is 6.31. The Morgan fingerprint density at radius 3 is 2.37 bits per heavy atom. The Morgan fingerprint density at radius 2 is 1.74 bits per heavy atom. The van der Waals surface area contributed by atoms with E-state index in [-0.39, 0.29) is 11.9 Å². The number of amides is 1. The summed E-state index contributed by atoms with van der Waals surface area (Å²) in [4.78, 5) is 12.8. The van der Waals surface area contributed by atoms with Crippen molar-refractivity contribution in [3.63, 3.8) is 0 Å². The number of nitrogens with one attached hydrogen (secondary N) is 1. The van der Waals surface area contributed by atoms with Gasteiger partial charge in [0.05, 0.1) is 11.9 Å². The number of carbonyl (C=O) groups excluding carboxylic acids is 1. The summed E-state index contributed by atoms with van der Waals surface area (Å²) in [5.74, 6) is 0.792. The van der Waals surface area contributed by atoms with E-state index in [4.69, 9.17) is 9.47 Å². The number of nitrogens with zero attached hydrogens (tertiary/aromatic N) is 1. The van der Waals surface area contributed by atoms with Crippen molar-refractivity contribution in [2.75, 3.05) is 23.8 Å². The summed E-state index contributed by atoms with van der Waals surface area (Å²) >= 11 is 0. The lowest BCUT2D eigenvalue weighted by atomic mass is 10.1. The van der Waals surface area contributed by atoms with Crippen LogP contribution in [-0.4, -0.2) is 45.9 Å². The molecule has 7 nitrogen and oxygen atoms in total. The van der Waals surface area contributed by atoms with Crippen LogP contribution < -0.4 is 19.1 Å². The molecular weight excluding hydrogens is 368 g/mol. The monoisotopic (exact) mass is 396 g/mol. The van der Waals surface area contributed by atoms with E-state index in [9.17, 15) is 13.2 Å². The minimum Gasteiger partial charge on any atom is -0.486 e. The van der Waals surface area contributed by atoms with Crippen molar-refractivity contribution in [3.05, 3.63) is 18.2 Å². The average Bonchev–Trinajstić information content (AvgIpc) is 2.89. The van der Waals surface area contributed by atoms with Crippen molar-refractivity contribution >= 4 is 21.6 Å². The quantitative estimate of drug-likeness (QED) is 0.773. The molecule has 0 unspecified atom stereocenters. The molecule has 1 N–H and O–H groups in total. The fraction of sp³-hybridized carbons (Fsp3) is 0.632. The molecule has 1 aliphatic carbocycles. The predicted octanol–water partition coefficient (Wildman–Crippen LogP) is 2.45. The fourth-order valence-corrected chi connectivity index (χ4v) is 4.89. The molecule has 0 saturated heterocycles. The van der Waals surface area contributed by atoms with Gasteiger partial charge >= 0.3 is 0 Å². The Bertz CT molecular complexity index is 772. The van der Waals surface area contributed by atoms with Gasteiger partial charge in [-0.15, -0.1) is 0 Å². The second kappa shape index (κ2) is 8.37. The van der Waals surface area contributed by atoms with Crippen LogP contribution >= 0.6 is 0 Å². The van der Waals surface area contributed by atoms with Gasteiger partial charge < -0.3 is 14.8 Å². The molecule has 1 saturated carbocycles. The molecule has 0 aromatic heterocycles. The second-order valence-electron chi connectivity index (χ2n) is 7.26. The molecule has 8 heteroatoms. The minimum atomic E-state index is -3.66. The lowest BCUT2D eigenvalue weighted by Crippen LogP contribution is -2.50. The van der Waals surface area contributed by atoms with Crippen molar-refractivity contribution in [1.29, 1.82) is 0 Å². The molecule has 3 rings (SSSR count). The summed E-state index contributed by atoms with van der Waals surface area (Å²) in [7, 11) is -3.66. The van der Waals surface area contributed by atoms with E-state index >= 15 is 0 Å². The lowest BCUT2D eigenvalue weighted by molar-refractivity contribution is -0.122. The molecule has 1 aromatic carbocycles. The summed E-state index contributed by atoms with van der Waals surface area (Å²) in [5, 5.41) is 3.04. The van der Waals surface area contributed by atoms with Crippen molar-refractivity contribution < 1.29 is 22.7 Å². The lowest BCUT2D eigenvalue weighted by Gasteiger charge is -2.30. The van der Waals surface area contributed by atoms with Crippen molar-refractivity contribution in [2.24, 2.45) is 0 Å². The van der Waals surface area contributed by atoms with E-state index in [1.165, 1.54) is 12.8 Å². The Balaban J connectivity index is 1.80. The average molecular weight is 397 g/mol. The number of benzene rings is 1. The third kappa shape index (κ3) is 4.86. The van der Waals surface area contributed by atoms with Gasteiger partial charge in [-0.05, 0) is 31.9 Å². The minimum absolute atomic E-state index is 0.115. The van der Waals surface area contributed by atoms with Gasteiger partial charge in [-0.1, -0.05) is 25.7 Å². The van der Waals surface area contributed by atoms with Gasteiger partial charge in [0.1, 0.15) is 19.3 Å². The maximum Gasteiger partial charge on any atom is 0.243 e. The van der Waals surface area contributed by atoms with Gasteiger partial charge in [-0.25, -0.2) is 8.42 Å². The van der Waals surface area contributed by atoms with E-state index in [1.54, 1.807) is 25.1 Å². The van der Waals surface area contributed by atoms with Crippen molar-refractivity contribution in [3.8, 4) is 11.5 Å². The van der Waals surface area contributed by atoms with Crippen LogP contribution in [0.25, 0.3) is 0 Å². The molecule has 150 valence electrons. The Hall–Kier alpha value is -1.96. The highest BCUT2D eigenvalue weighted by molar-refractivity contribution is 7.92. The van der Waals surface area contributed by atoms with Gasteiger partial charge in [0.25, 0.3) is 0 Å². The van der Waals surface area contributed by atoms with Crippen LogP contribution in [0.15, 0.2) is 18.2 Å². The first-order valence-electron chi connectivity index (χ1n) is 9.55. The molecule has 1 atom stereocenters. The van der Waals surface area contributed by atoms with Crippen LogP contribution in [0.5, 0.6) is 11.5 Å². The van der Waals surface area contributed by atoms with E-state index in [0.717, 1.165) is 36.2 Å². The van der Waals surface area contributed by atoms with E-state index in [2.05, 4.69) is 5.32 Å². The summed E-state index contributed by atoms with van der Waals surface area (Å²) in [6.07, 6.45) is 7.57. The van der Waals surface area contributed by atoms with Gasteiger partial charge in [-0.2, -0.15) is 0 Å². The van der Waals surface area contributed by atoms with Crippen LogP contribution in [0.1, 0.15) is 45.4 Å². The number of anilines is 1. The van der Waals surface area contributed by atoms with E-state index in [0.29, 0.717) is 30.4 Å². The molecule has 1 aliphatic heterocycles. The smallest absolute Gasteiger partial charge is 0.243 e. The second-order valence-corrected chi connectivity index (χ2v) is 9.12. The number of sulfonamides is 1. The summed E-state index contributed by atoms with van der Waals surface area (Å²) in [6.45, 7) is 2.49. The normalized spacial score (nSPS) is 19.0. The van der Waals surface area contributed by atoms with E-state index < -0.39 is 16.1 Å². The van der Waals surface area contributed by atoms with Crippen LogP contribution in [0.3, 0.4) is 0 Å². The van der Waals surface area contributed by atoms with Crippen LogP contribution in [0.4, 0.5) is 5.69 Å². The summed E-state index contributed by atoms with van der Waals surface area (Å²) < 4.78 is 37.1. The highest BCUT2D eigenvalue weighted by atomic mass is 32.2. The Kier molecular flexibility index (Phi) is 6.14. The zero-order valence-corrected chi connectivity index (χ0v) is 16.8. The van der Waals surface area contributed by atoms with E-state index in [1.807, 2.05) is 0 Å². The maximum atomic E-state index is 12.8. The molecule has 0 radical (unpaired) electrons. The molecule has 2 aliphatic rings. The predicted molar refractivity (Wildman–Crippen MR) is 104 cm³/mol. The molecule has 1 fully saturated rings. The summed E-state index contributed by atoms with van der Waals surface area (Å²) in [5.41, 5.74) is 0.394. The van der Waals surface area contributed by atoms with Gasteiger partial charge in [-0.3, -0.25) is 9.10 Å². The van der Waals surface area contributed by atoms with Crippen molar-refractivity contribution in [2.45, 2.75) is 57.5 Å². The van der Waals surface area contributed by atoms with Crippen LogP contribution in [-0.2, 0) is 14.8 Å². The fourth-order valence-electron chi connectivity index (χ4n) is 3.72. The highest BCUT2D eigenvalue weighted by Gasteiger charge is 2.31.